The number of rotatable bonds is 10. The second kappa shape index (κ2) is 11.5. The molecule has 5 rings (SSSR count). The number of hydrogen-bond donors (Lipinski definition) is 1. The van der Waals surface area contributed by atoms with Gasteiger partial charge in [0.25, 0.3) is 5.91 Å². The second-order valence-electron chi connectivity index (χ2n) is 9.90. The van der Waals surface area contributed by atoms with Crippen molar-refractivity contribution in [1.29, 1.82) is 0 Å². The number of amides is 2. The van der Waals surface area contributed by atoms with Crippen LogP contribution in [-0.4, -0.2) is 78.9 Å². The largest absolute Gasteiger partial charge is 0.449 e. The van der Waals surface area contributed by atoms with Crippen LogP contribution in [-0.2, 0) is 16.0 Å². The summed E-state index contributed by atoms with van der Waals surface area (Å²) in [5, 5.41) is 3.00. The minimum atomic E-state index is -3.06. The van der Waals surface area contributed by atoms with E-state index in [9.17, 15) is 18.4 Å². The van der Waals surface area contributed by atoms with Crippen molar-refractivity contribution in [2.24, 2.45) is 5.92 Å². The zero-order chi connectivity index (χ0) is 26.8. The first kappa shape index (κ1) is 26.8. The molecule has 2 fully saturated rings. The smallest absolute Gasteiger partial charge is 0.413 e. The molecule has 1 aliphatic carbocycles. The van der Waals surface area contributed by atoms with Crippen LogP contribution in [0.2, 0.25) is 0 Å². The third kappa shape index (κ3) is 6.08. The summed E-state index contributed by atoms with van der Waals surface area (Å²) in [6.07, 6.45) is 2.25. The van der Waals surface area contributed by atoms with Crippen LogP contribution in [0.25, 0.3) is 10.4 Å². The molecule has 1 saturated heterocycles. The fraction of sp³-hybridized carbons (Fsp3) is 0.577. The molecule has 1 N–H and O–H groups in total. The summed E-state index contributed by atoms with van der Waals surface area (Å²) in [5.41, 5.74) is 2.07. The number of thiazole rings is 1. The number of ether oxygens (including phenoxy) is 3. The van der Waals surface area contributed by atoms with Crippen LogP contribution in [0.1, 0.15) is 47.8 Å². The Hall–Kier alpha value is -2.83. The third-order valence-corrected chi connectivity index (χ3v) is 8.36. The number of aryl methyl sites for hydroxylation is 1. The highest BCUT2D eigenvalue weighted by atomic mass is 32.1. The average Bonchev–Trinajstić information content (AvgIpc) is 3.59. The van der Waals surface area contributed by atoms with Crippen LogP contribution >= 0.6 is 11.3 Å². The molecule has 3 heterocycles. The molecule has 2 amide bonds. The van der Waals surface area contributed by atoms with E-state index in [2.05, 4.69) is 15.2 Å². The zero-order valence-electron chi connectivity index (χ0n) is 21.5. The predicted octanol–water partition coefficient (Wildman–Crippen LogP) is 4.75. The summed E-state index contributed by atoms with van der Waals surface area (Å²) in [6.45, 7) is 5.39. The molecule has 2 aliphatic heterocycles. The van der Waals surface area contributed by atoms with E-state index in [-0.39, 0.29) is 29.9 Å². The van der Waals surface area contributed by atoms with Crippen molar-refractivity contribution >= 4 is 28.5 Å². The maximum Gasteiger partial charge on any atom is 0.413 e. The lowest BCUT2D eigenvalue weighted by Gasteiger charge is -2.26. The summed E-state index contributed by atoms with van der Waals surface area (Å²) in [4.78, 5) is 34.6. The molecule has 1 saturated carbocycles. The van der Waals surface area contributed by atoms with Crippen LogP contribution < -0.4 is 10.1 Å². The molecule has 206 valence electrons. The number of anilines is 1. The van der Waals surface area contributed by atoms with Crippen molar-refractivity contribution < 1.29 is 32.6 Å². The minimum absolute atomic E-state index is 0.0403. The van der Waals surface area contributed by atoms with Gasteiger partial charge in [0.05, 0.1) is 36.0 Å². The van der Waals surface area contributed by atoms with Gasteiger partial charge in [-0.2, -0.15) is 8.78 Å². The van der Waals surface area contributed by atoms with E-state index >= 15 is 0 Å². The number of nitrogens with zero attached hydrogens (tertiary/aromatic N) is 3. The highest BCUT2D eigenvalue weighted by molar-refractivity contribution is 7.19. The van der Waals surface area contributed by atoms with Gasteiger partial charge in [-0.15, -0.1) is 0 Å². The van der Waals surface area contributed by atoms with Gasteiger partial charge in [-0.05, 0) is 62.3 Å². The van der Waals surface area contributed by atoms with Gasteiger partial charge in [0.15, 0.2) is 5.13 Å². The number of aromatic nitrogens is 1. The number of carbonyl (C=O) groups excluding carboxylic acids is 2. The van der Waals surface area contributed by atoms with E-state index in [1.54, 1.807) is 11.8 Å². The number of nitrogens with one attached hydrogen (secondary N) is 1. The lowest BCUT2D eigenvalue weighted by atomic mass is 10.0. The minimum Gasteiger partial charge on any atom is -0.449 e. The Labute approximate surface area is 224 Å². The Bertz CT molecular complexity index is 1180. The van der Waals surface area contributed by atoms with Gasteiger partial charge in [0.2, 0.25) is 0 Å². The molecule has 1 aromatic carbocycles. The molecule has 9 nitrogen and oxygen atoms in total. The van der Waals surface area contributed by atoms with Gasteiger partial charge >= 0.3 is 12.7 Å². The number of morpholine rings is 1. The highest BCUT2D eigenvalue weighted by Gasteiger charge is 2.40. The average molecular weight is 551 g/mol. The number of halogens is 2. The molecule has 0 radical (unpaired) electrons. The monoisotopic (exact) mass is 550 g/mol. The fourth-order valence-corrected chi connectivity index (χ4v) is 5.98. The maximum atomic E-state index is 13.3. The zero-order valence-corrected chi connectivity index (χ0v) is 22.3. The third-order valence-electron chi connectivity index (χ3n) is 7.23. The Balaban J connectivity index is 1.26. The molecule has 0 spiro atoms. The van der Waals surface area contributed by atoms with Gasteiger partial charge < -0.3 is 19.1 Å². The molecule has 12 heteroatoms. The van der Waals surface area contributed by atoms with Crippen molar-refractivity contribution in [3.8, 4) is 16.2 Å². The Kier molecular flexibility index (Phi) is 8.10. The highest BCUT2D eigenvalue weighted by Crippen LogP contribution is 2.43. The number of carbonyl (C=O) groups is 2. The van der Waals surface area contributed by atoms with Crippen molar-refractivity contribution in [3.05, 3.63) is 29.0 Å². The predicted molar refractivity (Wildman–Crippen MR) is 138 cm³/mol. The van der Waals surface area contributed by atoms with Gasteiger partial charge in [0, 0.05) is 32.2 Å². The van der Waals surface area contributed by atoms with E-state index in [1.807, 2.05) is 13.0 Å². The van der Waals surface area contributed by atoms with Crippen LogP contribution in [0.5, 0.6) is 5.75 Å². The molecule has 38 heavy (non-hydrogen) atoms. The quantitative estimate of drug-likeness (QED) is 0.427. The SMILES string of the molecule is Cc1nc(NC(=O)OCCCN2CCOCC2)sc1-c1cc2c(c(OC(F)F)c1)C(=O)N([C@@H](C)C1CC1)C2. The number of benzene rings is 1. The van der Waals surface area contributed by atoms with Gasteiger partial charge in [-0.25, -0.2) is 9.78 Å². The lowest BCUT2D eigenvalue weighted by molar-refractivity contribution is -0.0501. The lowest BCUT2D eigenvalue weighted by Crippen LogP contribution is -2.37. The van der Waals surface area contributed by atoms with Gasteiger partial charge in [-0.1, -0.05) is 11.3 Å². The standard InChI is InChI=1S/C26H32F2N4O5S/c1-15-22(38-25(29-15)30-26(34)36-9-3-6-31-7-10-35-11-8-31)18-12-19-14-32(16(2)17-4-5-17)23(33)21(19)20(13-18)37-24(27)28/h12-13,16-17,24H,3-11,14H2,1-2H3,(H,29,30,34)/t16-/m0/s1. The fourth-order valence-electron chi connectivity index (χ4n) is 5.04. The molecule has 2 aromatic rings. The molecule has 3 aliphatic rings. The topological polar surface area (TPSA) is 93.2 Å². The summed E-state index contributed by atoms with van der Waals surface area (Å²) < 4.78 is 42.0. The Morgan fingerprint density at radius 2 is 2.05 bits per heavy atom. The maximum absolute atomic E-state index is 13.3. The molecule has 0 bridgehead atoms. The number of alkyl halides is 2. The van der Waals surface area contributed by atoms with Gasteiger partial charge in [-0.3, -0.25) is 15.0 Å². The van der Waals surface area contributed by atoms with E-state index in [0.717, 1.165) is 45.7 Å². The van der Waals surface area contributed by atoms with Crippen molar-refractivity contribution in [1.82, 2.24) is 14.8 Å². The van der Waals surface area contributed by atoms with E-state index < -0.39 is 12.7 Å². The van der Waals surface area contributed by atoms with Crippen LogP contribution in [0.3, 0.4) is 0 Å². The van der Waals surface area contributed by atoms with Gasteiger partial charge in [0.1, 0.15) is 5.75 Å². The molecule has 0 unspecified atom stereocenters. The molecular weight excluding hydrogens is 518 g/mol. The number of fused-ring (bicyclic) bond motifs is 1. The first-order valence-corrected chi connectivity index (χ1v) is 13.8. The van der Waals surface area contributed by atoms with Crippen LogP contribution in [0.15, 0.2) is 12.1 Å². The van der Waals surface area contributed by atoms with E-state index in [4.69, 9.17) is 14.2 Å². The van der Waals surface area contributed by atoms with Crippen LogP contribution in [0.4, 0.5) is 18.7 Å². The number of hydrogen-bond acceptors (Lipinski definition) is 8. The summed E-state index contributed by atoms with van der Waals surface area (Å²) in [6, 6.07) is 3.33. The second-order valence-corrected chi connectivity index (χ2v) is 10.9. The Morgan fingerprint density at radius 1 is 1.29 bits per heavy atom. The first-order chi connectivity index (χ1) is 18.3. The first-order valence-electron chi connectivity index (χ1n) is 12.9. The normalized spacial score (nSPS) is 18.6. The van der Waals surface area contributed by atoms with Crippen molar-refractivity contribution in [2.45, 2.75) is 52.3 Å². The molecule has 1 aromatic heterocycles. The van der Waals surface area contributed by atoms with Crippen molar-refractivity contribution in [3.63, 3.8) is 0 Å². The van der Waals surface area contributed by atoms with E-state index in [1.165, 1.54) is 17.4 Å². The molecular formula is C26H32F2N4O5S. The summed E-state index contributed by atoms with van der Waals surface area (Å²) in [7, 11) is 0. The Morgan fingerprint density at radius 3 is 2.76 bits per heavy atom. The van der Waals surface area contributed by atoms with E-state index in [0.29, 0.717) is 45.7 Å². The summed E-state index contributed by atoms with van der Waals surface area (Å²) >= 11 is 1.21. The van der Waals surface area contributed by atoms with Crippen LogP contribution in [0, 0.1) is 12.8 Å². The summed E-state index contributed by atoms with van der Waals surface area (Å²) in [5.74, 6) is 0.0371. The van der Waals surface area contributed by atoms with Crippen molar-refractivity contribution in [2.75, 3.05) is 44.8 Å². The molecule has 1 atom stereocenters.